The number of carbonyl (C=O) groups is 1. The van der Waals surface area contributed by atoms with Gasteiger partial charge >= 0.3 is 5.97 Å². The van der Waals surface area contributed by atoms with E-state index in [2.05, 4.69) is 36.4 Å². The molecule has 0 spiro atoms. The topological polar surface area (TPSA) is 35.5 Å². The lowest BCUT2D eigenvalue weighted by Gasteiger charge is -2.19. The maximum atomic E-state index is 11.5. The van der Waals surface area contributed by atoms with Crippen LogP contribution < -0.4 is 0 Å². The minimum absolute atomic E-state index is 0.000626. The molecule has 0 aromatic heterocycles. The van der Waals surface area contributed by atoms with Crippen molar-refractivity contribution in [2.45, 2.75) is 32.8 Å². The van der Waals surface area contributed by atoms with Crippen molar-refractivity contribution in [2.75, 3.05) is 13.2 Å². The molecule has 0 heterocycles. The smallest absolute Gasteiger partial charge is 0.332 e. The minimum Gasteiger partial charge on any atom is -0.458 e. The minimum atomic E-state index is -0.465. The van der Waals surface area contributed by atoms with Gasteiger partial charge in [0.2, 0.25) is 0 Å². The predicted molar refractivity (Wildman–Crippen MR) is 92.2 cm³/mol. The van der Waals surface area contributed by atoms with Crippen molar-refractivity contribution in [3.63, 3.8) is 0 Å². The van der Waals surface area contributed by atoms with E-state index >= 15 is 0 Å². The summed E-state index contributed by atoms with van der Waals surface area (Å²) >= 11 is 0. The van der Waals surface area contributed by atoms with Gasteiger partial charge in [0.25, 0.3) is 0 Å². The molecule has 0 N–H and O–H groups in total. The van der Waals surface area contributed by atoms with Crippen molar-refractivity contribution in [3.05, 3.63) is 60.2 Å². The molecule has 0 saturated heterocycles. The number of rotatable bonds is 6. The molecule has 3 nitrogen and oxygen atoms in total. The van der Waals surface area contributed by atoms with E-state index in [0.717, 1.165) is 6.42 Å². The van der Waals surface area contributed by atoms with Gasteiger partial charge in [-0.3, -0.25) is 0 Å². The Morgan fingerprint density at radius 1 is 0.913 bits per heavy atom. The van der Waals surface area contributed by atoms with Gasteiger partial charge in [-0.25, -0.2) is 4.79 Å². The Bertz CT molecular complexity index is 610. The number of hydrogen-bond acceptors (Lipinski definition) is 3. The maximum absolute atomic E-state index is 11.5. The van der Waals surface area contributed by atoms with Gasteiger partial charge in [-0.1, -0.05) is 54.6 Å². The van der Waals surface area contributed by atoms with E-state index in [1.165, 1.54) is 16.7 Å². The molecule has 3 heteroatoms. The highest BCUT2D eigenvalue weighted by Gasteiger charge is 2.15. The first-order valence-corrected chi connectivity index (χ1v) is 7.88. The zero-order valence-electron chi connectivity index (χ0n) is 14.0. The van der Waals surface area contributed by atoms with Crippen molar-refractivity contribution in [2.24, 2.45) is 0 Å². The van der Waals surface area contributed by atoms with E-state index in [0.29, 0.717) is 6.61 Å². The number of hydrogen-bond donors (Lipinski definition) is 0. The van der Waals surface area contributed by atoms with Gasteiger partial charge in [-0.2, -0.15) is 0 Å². The average molecular weight is 312 g/mol. The quantitative estimate of drug-likeness (QED) is 0.591. The standard InChI is InChI=1S/C20H24O3/c1-20(2,3)23-19(21)15-22-14-13-16-9-11-18(12-10-16)17-7-5-4-6-8-17/h4-12H,13-15H2,1-3H3. The number of esters is 1. The molecule has 122 valence electrons. The van der Waals surface area contributed by atoms with E-state index in [9.17, 15) is 4.79 Å². The van der Waals surface area contributed by atoms with E-state index < -0.39 is 5.60 Å². The van der Waals surface area contributed by atoms with Crippen LogP contribution in [0.5, 0.6) is 0 Å². The second-order valence-corrected chi connectivity index (χ2v) is 6.45. The summed E-state index contributed by atoms with van der Waals surface area (Å²) in [6.45, 7) is 6.04. The summed E-state index contributed by atoms with van der Waals surface area (Å²) in [6, 6.07) is 18.7. The molecule has 0 fully saturated rings. The van der Waals surface area contributed by atoms with Crippen LogP contribution in [0.2, 0.25) is 0 Å². The molecule has 0 bridgehead atoms. The van der Waals surface area contributed by atoms with Crippen LogP contribution in [0.25, 0.3) is 11.1 Å². The Morgan fingerprint density at radius 2 is 1.52 bits per heavy atom. The predicted octanol–water partition coefficient (Wildman–Crippen LogP) is 4.25. The average Bonchev–Trinajstić information content (AvgIpc) is 2.51. The molecule has 0 saturated carbocycles. The first-order valence-electron chi connectivity index (χ1n) is 7.88. The van der Waals surface area contributed by atoms with Crippen molar-refractivity contribution in [1.29, 1.82) is 0 Å². The van der Waals surface area contributed by atoms with E-state index in [1.54, 1.807) is 0 Å². The van der Waals surface area contributed by atoms with Crippen LogP contribution in [0.3, 0.4) is 0 Å². The SMILES string of the molecule is CC(C)(C)OC(=O)COCCc1ccc(-c2ccccc2)cc1. The molecule has 23 heavy (non-hydrogen) atoms. The summed E-state index contributed by atoms with van der Waals surface area (Å²) in [5.41, 5.74) is 3.13. The molecule has 0 amide bonds. The lowest BCUT2D eigenvalue weighted by Crippen LogP contribution is -2.26. The second kappa shape index (κ2) is 7.93. The molecule has 0 aliphatic carbocycles. The Hall–Kier alpha value is -2.13. The summed E-state index contributed by atoms with van der Waals surface area (Å²) in [7, 11) is 0. The van der Waals surface area contributed by atoms with Gasteiger partial charge in [0, 0.05) is 0 Å². The molecule has 2 aromatic rings. The second-order valence-electron chi connectivity index (χ2n) is 6.45. The Kier molecular flexibility index (Phi) is 5.94. The van der Waals surface area contributed by atoms with Crippen LogP contribution in [0.1, 0.15) is 26.3 Å². The van der Waals surface area contributed by atoms with Gasteiger partial charge < -0.3 is 9.47 Å². The normalized spacial score (nSPS) is 11.3. The summed E-state index contributed by atoms with van der Waals surface area (Å²) in [5.74, 6) is -0.322. The summed E-state index contributed by atoms with van der Waals surface area (Å²) in [4.78, 5) is 11.5. The van der Waals surface area contributed by atoms with Gasteiger partial charge in [-0.15, -0.1) is 0 Å². The Morgan fingerprint density at radius 3 is 2.13 bits per heavy atom. The van der Waals surface area contributed by atoms with Crippen LogP contribution in [0.4, 0.5) is 0 Å². The fourth-order valence-corrected chi connectivity index (χ4v) is 2.21. The van der Waals surface area contributed by atoms with Crippen LogP contribution in [-0.2, 0) is 20.7 Å². The lowest BCUT2D eigenvalue weighted by atomic mass is 10.0. The van der Waals surface area contributed by atoms with Gasteiger partial charge in [0.15, 0.2) is 0 Å². The van der Waals surface area contributed by atoms with E-state index in [-0.39, 0.29) is 12.6 Å². The fourth-order valence-electron chi connectivity index (χ4n) is 2.21. The van der Waals surface area contributed by atoms with Gasteiger partial charge in [0.1, 0.15) is 12.2 Å². The van der Waals surface area contributed by atoms with Crippen LogP contribution in [-0.4, -0.2) is 24.8 Å². The van der Waals surface area contributed by atoms with Gasteiger partial charge in [0.05, 0.1) is 6.61 Å². The van der Waals surface area contributed by atoms with Crippen LogP contribution >= 0.6 is 0 Å². The summed E-state index contributed by atoms with van der Waals surface area (Å²) < 4.78 is 10.6. The molecule has 0 radical (unpaired) electrons. The Labute approximate surface area is 138 Å². The molecule has 0 unspecified atom stereocenters. The van der Waals surface area contributed by atoms with E-state index in [1.807, 2.05) is 39.0 Å². The third-order valence-corrected chi connectivity index (χ3v) is 3.24. The first-order chi connectivity index (χ1) is 10.9. The van der Waals surface area contributed by atoms with Crippen molar-refractivity contribution < 1.29 is 14.3 Å². The number of carbonyl (C=O) groups excluding carboxylic acids is 1. The van der Waals surface area contributed by atoms with Crippen molar-refractivity contribution >= 4 is 5.97 Å². The van der Waals surface area contributed by atoms with Crippen LogP contribution in [0.15, 0.2) is 54.6 Å². The summed E-state index contributed by atoms with van der Waals surface area (Å²) in [5, 5.41) is 0. The molecule has 0 aliphatic rings. The highest BCUT2D eigenvalue weighted by molar-refractivity contribution is 5.71. The maximum Gasteiger partial charge on any atom is 0.332 e. The largest absolute Gasteiger partial charge is 0.458 e. The third-order valence-electron chi connectivity index (χ3n) is 3.24. The van der Waals surface area contributed by atoms with Crippen molar-refractivity contribution in [3.8, 4) is 11.1 Å². The van der Waals surface area contributed by atoms with E-state index in [4.69, 9.17) is 9.47 Å². The molecule has 0 aliphatic heterocycles. The lowest BCUT2D eigenvalue weighted by molar-refractivity contribution is -0.160. The molecule has 2 rings (SSSR count). The van der Waals surface area contributed by atoms with Crippen LogP contribution in [0, 0.1) is 0 Å². The zero-order chi connectivity index (χ0) is 16.7. The highest BCUT2D eigenvalue weighted by atomic mass is 16.6. The van der Waals surface area contributed by atoms with Crippen molar-refractivity contribution in [1.82, 2.24) is 0 Å². The zero-order valence-corrected chi connectivity index (χ0v) is 14.0. The summed E-state index contributed by atoms with van der Waals surface area (Å²) in [6.07, 6.45) is 0.776. The molecule has 0 atom stereocenters. The molecule has 2 aromatic carbocycles. The Balaban J connectivity index is 1.76. The molecular formula is C20H24O3. The van der Waals surface area contributed by atoms with Gasteiger partial charge in [-0.05, 0) is 43.9 Å². The third kappa shape index (κ3) is 6.25. The highest BCUT2D eigenvalue weighted by Crippen LogP contribution is 2.19. The monoisotopic (exact) mass is 312 g/mol. The fraction of sp³-hybridized carbons (Fsp3) is 0.350. The number of benzene rings is 2. The number of ether oxygens (including phenoxy) is 2. The first kappa shape index (κ1) is 17.2. The molecular weight excluding hydrogens is 288 g/mol.